The van der Waals surface area contributed by atoms with Crippen LogP contribution in [-0.4, -0.2) is 49.9 Å². The fourth-order valence-corrected chi connectivity index (χ4v) is 3.39. The van der Waals surface area contributed by atoms with Crippen molar-refractivity contribution >= 4 is 29.5 Å². The van der Waals surface area contributed by atoms with E-state index in [1.165, 1.54) is 18.3 Å². The van der Waals surface area contributed by atoms with Gasteiger partial charge in [0, 0.05) is 11.5 Å². The van der Waals surface area contributed by atoms with Gasteiger partial charge < -0.3 is 32.7 Å². The molecule has 12 nitrogen and oxygen atoms in total. The molecule has 0 amide bonds. The van der Waals surface area contributed by atoms with Gasteiger partial charge in [-0.2, -0.15) is 0 Å². The van der Waals surface area contributed by atoms with Crippen molar-refractivity contribution in [2.45, 2.75) is 24.5 Å². The summed E-state index contributed by atoms with van der Waals surface area (Å²) >= 11 is 0. The molecule has 2 aromatic rings. The molecule has 172 valence electrons. The van der Waals surface area contributed by atoms with Crippen molar-refractivity contribution in [2.75, 3.05) is 5.32 Å². The maximum atomic E-state index is 12.7. The summed E-state index contributed by atoms with van der Waals surface area (Å²) in [5.41, 5.74) is 18.8. The molecule has 0 saturated carbocycles. The van der Waals surface area contributed by atoms with Gasteiger partial charge in [0.1, 0.15) is 23.8 Å². The number of rotatable bonds is 9. The number of aliphatic carboxylic acids is 2. The number of aromatic nitrogens is 2. The van der Waals surface area contributed by atoms with Crippen LogP contribution in [0.2, 0.25) is 0 Å². The number of carboxylic acid groups (broad SMARTS) is 2. The number of allylic oxidation sites excluding steroid dienone is 1. The number of carbonyl (C=O) groups is 3. The highest BCUT2D eigenvalue weighted by molar-refractivity contribution is 6.08. The summed E-state index contributed by atoms with van der Waals surface area (Å²) in [5, 5.41) is 21.1. The van der Waals surface area contributed by atoms with Gasteiger partial charge in [-0.1, -0.05) is 30.3 Å². The lowest BCUT2D eigenvalue weighted by atomic mass is 9.89. The Morgan fingerprint density at radius 3 is 2.42 bits per heavy atom. The highest BCUT2D eigenvalue weighted by Gasteiger charge is 2.31. The van der Waals surface area contributed by atoms with E-state index in [1.54, 1.807) is 18.2 Å². The monoisotopic (exact) mass is 453 g/mol. The summed E-state index contributed by atoms with van der Waals surface area (Å²) in [6.07, 6.45) is 1.88. The first-order valence-corrected chi connectivity index (χ1v) is 9.83. The highest BCUT2D eigenvalue weighted by Crippen LogP contribution is 2.29. The summed E-state index contributed by atoms with van der Waals surface area (Å²) in [6.45, 7) is 3.84. The number of hydrogen-bond donors (Lipinski definition) is 6. The van der Waals surface area contributed by atoms with Gasteiger partial charge in [0.15, 0.2) is 17.6 Å². The van der Waals surface area contributed by atoms with E-state index in [1.807, 2.05) is 0 Å². The van der Waals surface area contributed by atoms with Crippen molar-refractivity contribution in [2.24, 2.45) is 28.1 Å². The number of nitrogens with zero attached hydrogens (tertiary/aromatic N) is 3. The van der Waals surface area contributed by atoms with Crippen molar-refractivity contribution in [3.8, 4) is 0 Å². The third-order valence-corrected chi connectivity index (χ3v) is 5.15. The number of fused-ring (bicyclic) bond motifs is 1. The molecule has 9 N–H and O–H groups in total. The second-order valence-corrected chi connectivity index (χ2v) is 7.38. The number of anilines is 1. The molecule has 2 heterocycles. The Morgan fingerprint density at radius 1 is 1.18 bits per heavy atom. The average Bonchev–Trinajstić information content (AvgIpc) is 2.77. The van der Waals surface area contributed by atoms with Crippen LogP contribution in [0.25, 0.3) is 0 Å². The average molecular weight is 453 g/mol. The quantitative estimate of drug-likeness (QED) is 0.171. The van der Waals surface area contributed by atoms with E-state index in [0.29, 0.717) is 22.8 Å². The van der Waals surface area contributed by atoms with E-state index in [0.717, 1.165) is 0 Å². The van der Waals surface area contributed by atoms with Gasteiger partial charge in [0.25, 0.3) is 0 Å². The van der Waals surface area contributed by atoms with E-state index in [-0.39, 0.29) is 11.5 Å². The minimum absolute atomic E-state index is 0.110. The Labute approximate surface area is 188 Å². The number of aliphatic imine (C=N–C) groups is 1. The number of nitrogens with two attached hydrogens (primary N) is 3. The van der Waals surface area contributed by atoms with E-state index in [2.05, 4.69) is 26.9 Å². The van der Waals surface area contributed by atoms with Crippen LogP contribution in [0, 0.1) is 5.92 Å². The third kappa shape index (κ3) is 5.02. The van der Waals surface area contributed by atoms with Crippen molar-refractivity contribution in [1.82, 2.24) is 9.97 Å². The molecule has 1 aliphatic rings. The summed E-state index contributed by atoms with van der Waals surface area (Å²) in [4.78, 5) is 48.0. The lowest BCUT2D eigenvalue weighted by Crippen LogP contribution is -2.37. The van der Waals surface area contributed by atoms with Crippen molar-refractivity contribution < 1.29 is 24.6 Å². The molecule has 4 unspecified atom stereocenters. The largest absolute Gasteiger partial charge is 0.481 e. The highest BCUT2D eigenvalue weighted by atomic mass is 16.4. The van der Waals surface area contributed by atoms with Gasteiger partial charge in [-0.05, 0) is 12.0 Å². The lowest BCUT2D eigenvalue weighted by Gasteiger charge is -2.21. The zero-order valence-electron chi connectivity index (χ0n) is 17.4. The molecule has 0 spiro atoms. The first-order valence-electron chi connectivity index (χ1n) is 9.83. The van der Waals surface area contributed by atoms with Crippen molar-refractivity contribution in [1.29, 1.82) is 0 Å². The molecule has 1 aromatic carbocycles. The molecule has 3 rings (SSSR count). The zero-order chi connectivity index (χ0) is 24.3. The summed E-state index contributed by atoms with van der Waals surface area (Å²) < 4.78 is 0. The minimum atomic E-state index is -1.58. The fraction of sp³-hybridized carbons (Fsp3) is 0.238. The fourth-order valence-electron chi connectivity index (χ4n) is 3.39. The SMILES string of the molecule is C=CC(c1ccc(C(=O)C(CC(N)C(=O)O)C(=O)O)cc1)c1cnc2c(n1)C(N)N=C(N)N2. The van der Waals surface area contributed by atoms with Crippen LogP contribution < -0.4 is 22.5 Å². The third-order valence-electron chi connectivity index (χ3n) is 5.15. The second-order valence-electron chi connectivity index (χ2n) is 7.38. The summed E-state index contributed by atoms with van der Waals surface area (Å²) in [5.74, 6) is -5.00. The van der Waals surface area contributed by atoms with Crippen LogP contribution in [0.3, 0.4) is 0 Å². The number of benzene rings is 1. The molecule has 33 heavy (non-hydrogen) atoms. The molecule has 0 saturated heterocycles. The molecule has 0 bridgehead atoms. The normalized spacial score (nSPS) is 17.5. The lowest BCUT2D eigenvalue weighted by molar-refractivity contribution is -0.142. The van der Waals surface area contributed by atoms with Crippen LogP contribution in [0.5, 0.6) is 0 Å². The number of nitrogens with one attached hydrogen (secondary N) is 1. The molecular weight excluding hydrogens is 430 g/mol. The predicted octanol–water partition coefficient (Wildman–Crippen LogP) is 0.178. The van der Waals surface area contributed by atoms with Gasteiger partial charge in [0.05, 0.1) is 11.9 Å². The summed E-state index contributed by atoms with van der Waals surface area (Å²) in [7, 11) is 0. The maximum absolute atomic E-state index is 12.7. The topological polar surface area (TPSA) is 220 Å². The van der Waals surface area contributed by atoms with Gasteiger partial charge in [-0.3, -0.25) is 14.4 Å². The zero-order valence-corrected chi connectivity index (χ0v) is 17.4. The van der Waals surface area contributed by atoms with Crippen LogP contribution in [0.4, 0.5) is 5.82 Å². The molecule has 0 radical (unpaired) electrons. The molecule has 1 aliphatic heterocycles. The second kappa shape index (κ2) is 9.54. The van der Waals surface area contributed by atoms with Gasteiger partial charge in [-0.15, -0.1) is 6.58 Å². The van der Waals surface area contributed by atoms with Crippen LogP contribution in [0.15, 0.2) is 48.1 Å². The van der Waals surface area contributed by atoms with Gasteiger partial charge >= 0.3 is 11.9 Å². The van der Waals surface area contributed by atoms with Crippen LogP contribution in [0.1, 0.15) is 45.8 Å². The number of hydrogen-bond acceptors (Lipinski definition) is 10. The number of guanidine groups is 1. The van der Waals surface area contributed by atoms with Crippen molar-refractivity contribution in [3.05, 3.63) is 65.6 Å². The number of Topliss-reactive ketones (excluding diaryl/α,β-unsaturated/α-hetero) is 1. The Bertz CT molecular complexity index is 1130. The van der Waals surface area contributed by atoms with Crippen molar-refractivity contribution in [3.63, 3.8) is 0 Å². The van der Waals surface area contributed by atoms with E-state index < -0.39 is 48.2 Å². The Hall–Kier alpha value is -4.16. The first-order chi connectivity index (χ1) is 15.6. The molecule has 0 aliphatic carbocycles. The van der Waals surface area contributed by atoms with Crippen LogP contribution >= 0.6 is 0 Å². The van der Waals surface area contributed by atoms with E-state index >= 15 is 0 Å². The van der Waals surface area contributed by atoms with Gasteiger partial charge in [-0.25, -0.2) is 15.0 Å². The number of ketones is 1. The standard InChI is InChI=1S/C21H23N7O5/c1-2-11(14-8-25-18-15(26-14)17(23)27-21(24)28-18)9-3-5-10(6-4-9)16(29)12(19(30)31)7-13(22)20(32)33/h2-6,8,11-13,17H,1,7,22-23H2,(H,30,31)(H,32,33)(H3,24,25,27,28). The number of carboxylic acids is 2. The smallest absolute Gasteiger partial charge is 0.320 e. The molecule has 1 aromatic heterocycles. The predicted molar refractivity (Wildman–Crippen MR) is 118 cm³/mol. The molecule has 0 fully saturated rings. The van der Waals surface area contributed by atoms with Crippen LogP contribution in [-0.2, 0) is 9.59 Å². The number of carbonyl (C=O) groups excluding carboxylic acids is 1. The Kier molecular flexibility index (Phi) is 6.80. The molecule has 4 atom stereocenters. The van der Waals surface area contributed by atoms with E-state index in [4.69, 9.17) is 22.3 Å². The minimum Gasteiger partial charge on any atom is -0.481 e. The maximum Gasteiger partial charge on any atom is 0.320 e. The Balaban J connectivity index is 1.85. The summed E-state index contributed by atoms with van der Waals surface area (Å²) in [6, 6.07) is 4.71. The first kappa shape index (κ1) is 23.5. The molecule has 12 heteroatoms. The van der Waals surface area contributed by atoms with E-state index in [9.17, 15) is 19.5 Å². The van der Waals surface area contributed by atoms with Gasteiger partial charge in [0.2, 0.25) is 0 Å². The molecular formula is C21H23N7O5. The Morgan fingerprint density at radius 2 is 1.85 bits per heavy atom.